The van der Waals surface area contributed by atoms with E-state index in [4.69, 9.17) is 17.0 Å². The van der Waals surface area contributed by atoms with Crippen molar-refractivity contribution in [1.29, 1.82) is 0 Å². The number of carbonyl (C=O) groups is 1. The molecule has 2 aromatic rings. The average molecular weight is 347 g/mol. The van der Waals surface area contributed by atoms with E-state index in [9.17, 15) is 9.18 Å². The molecule has 0 fully saturated rings. The van der Waals surface area contributed by atoms with Crippen molar-refractivity contribution in [2.45, 2.75) is 20.0 Å². The van der Waals surface area contributed by atoms with Crippen LogP contribution in [0.1, 0.15) is 12.5 Å². The molecule has 0 spiro atoms. The summed E-state index contributed by atoms with van der Waals surface area (Å²) in [5.74, 6) is -0.992. The lowest BCUT2D eigenvalue weighted by Gasteiger charge is -2.16. The van der Waals surface area contributed by atoms with E-state index in [1.807, 2.05) is 31.2 Å². The highest BCUT2D eigenvalue weighted by atomic mass is 32.1. The molecule has 0 bridgehead atoms. The fourth-order valence-electron chi connectivity index (χ4n) is 1.80. The molecule has 0 aliphatic heterocycles. The predicted octanol–water partition coefficient (Wildman–Crippen LogP) is 2.92. The van der Waals surface area contributed by atoms with Gasteiger partial charge in [0.25, 0.3) is 5.91 Å². The third-order valence-corrected chi connectivity index (χ3v) is 3.32. The van der Waals surface area contributed by atoms with Gasteiger partial charge in [-0.05, 0) is 50.3 Å². The number of benzene rings is 2. The number of amides is 1. The normalized spacial score (nSPS) is 11.3. The number of thiocarbonyl (C=S) groups is 1. The lowest BCUT2D eigenvalue weighted by Crippen LogP contribution is -2.48. The molecule has 0 heterocycles. The Bertz CT molecular complexity index is 722. The molecule has 126 valence electrons. The highest BCUT2D eigenvalue weighted by molar-refractivity contribution is 7.80. The van der Waals surface area contributed by atoms with E-state index in [-0.39, 0.29) is 10.9 Å². The minimum atomic E-state index is -0.892. The molecule has 0 saturated heterocycles. The molecular weight excluding hydrogens is 329 g/mol. The molecule has 5 nitrogen and oxygen atoms in total. The Hall–Kier alpha value is -2.67. The highest BCUT2D eigenvalue weighted by Crippen LogP contribution is 2.16. The number of halogens is 1. The van der Waals surface area contributed by atoms with Crippen LogP contribution in [0.4, 0.5) is 10.1 Å². The Morgan fingerprint density at radius 2 is 1.79 bits per heavy atom. The number of carbonyl (C=O) groups excluding carboxylic acids is 1. The molecule has 0 aliphatic rings. The first-order valence-electron chi connectivity index (χ1n) is 7.30. The first-order valence-corrected chi connectivity index (χ1v) is 7.71. The van der Waals surface area contributed by atoms with E-state index in [1.165, 1.54) is 19.1 Å². The zero-order valence-electron chi connectivity index (χ0n) is 13.3. The van der Waals surface area contributed by atoms with Gasteiger partial charge in [0.1, 0.15) is 0 Å². The molecule has 0 saturated carbocycles. The Kier molecular flexibility index (Phi) is 6.08. The molecule has 0 radical (unpaired) electrons. The van der Waals surface area contributed by atoms with Crippen molar-refractivity contribution in [3.05, 3.63) is 59.9 Å². The molecule has 1 amide bonds. The number of hydrogen-bond acceptors (Lipinski definition) is 3. The Balaban J connectivity index is 1.80. The van der Waals surface area contributed by atoms with Gasteiger partial charge in [0.05, 0.1) is 0 Å². The Labute approximate surface area is 145 Å². The number of rotatable bonds is 4. The topological polar surface area (TPSA) is 62.4 Å². The monoisotopic (exact) mass is 347 g/mol. The molecule has 24 heavy (non-hydrogen) atoms. The maximum absolute atomic E-state index is 13.5. The maximum Gasteiger partial charge on any atom is 0.279 e. The second-order valence-electron chi connectivity index (χ2n) is 5.12. The summed E-state index contributed by atoms with van der Waals surface area (Å²) in [6.45, 7) is 3.50. The van der Waals surface area contributed by atoms with Gasteiger partial charge >= 0.3 is 0 Å². The molecule has 2 rings (SSSR count). The van der Waals surface area contributed by atoms with Crippen LogP contribution in [0.3, 0.4) is 0 Å². The molecule has 0 unspecified atom stereocenters. The van der Waals surface area contributed by atoms with Crippen molar-refractivity contribution < 1.29 is 13.9 Å². The molecule has 0 aromatic heterocycles. The molecule has 0 aliphatic carbocycles. The van der Waals surface area contributed by atoms with Gasteiger partial charge in [0, 0.05) is 5.69 Å². The van der Waals surface area contributed by atoms with Gasteiger partial charge in [-0.2, -0.15) is 0 Å². The molecular formula is C17H18FN3O2S. The van der Waals surface area contributed by atoms with Crippen LogP contribution in [0, 0.1) is 12.7 Å². The number of ether oxygens (including phenoxy) is 1. The summed E-state index contributed by atoms with van der Waals surface area (Å²) in [5.41, 5.74) is 6.91. The molecule has 1 atom stereocenters. The number of anilines is 1. The number of hydrogen-bond donors (Lipinski definition) is 3. The number of nitrogens with one attached hydrogen (secondary N) is 3. The number of aryl methyl sites for hydroxylation is 1. The second-order valence-corrected chi connectivity index (χ2v) is 5.53. The van der Waals surface area contributed by atoms with Gasteiger partial charge < -0.3 is 10.1 Å². The fourth-order valence-corrected chi connectivity index (χ4v) is 1.97. The maximum atomic E-state index is 13.5. The van der Waals surface area contributed by atoms with Crippen molar-refractivity contribution in [2.75, 3.05) is 5.32 Å². The van der Waals surface area contributed by atoms with E-state index in [0.29, 0.717) is 0 Å². The van der Waals surface area contributed by atoms with Crippen molar-refractivity contribution in [1.82, 2.24) is 10.9 Å². The lowest BCUT2D eigenvalue weighted by molar-refractivity contribution is -0.127. The SMILES string of the molecule is Cc1ccc(NC(=S)NNC(=O)[C@H](C)Oc2ccccc2F)cc1. The zero-order chi connectivity index (χ0) is 17.5. The largest absolute Gasteiger partial charge is 0.478 e. The highest BCUT2D eigenvalue weighted by Gasteiger charge is 2.16. The molecule has 7 heteroatoms. The van der Waals surface area contributed by atoms with Crippen LogP contribution >= 0.6 is 12.2 Å². The van der Waals surface area contributed by atoms with Crippen molar-refractivity contribution in [2.24, 2.45) is 0 Å². The summed E-state index contributed by atoms with van der Waals surface area (Å²) in [6, 6.07) is 13.5. The van der Waals surface area contributed by atoms with Crippen molar-refractivity contribution in [3.8, 4) is 5.75 Å². The Morgan fingerprint density at radius 3 is 2.46 bits per heavy atom. The van der Waals surface area contributed by atoms with Crippen LogP contribution in [-0.2, 0) is 4.79 Å². The van der Waals surface area contributed by atoms with Gasteiger partial charge in [0.15, 0.2) is 22.8 Å². The summed E-state index contributed by atoms with van der Waals surface area (Å²) < 4.78 is 18.8. The summed E-state index contributed by atoms with van der Waals surface area (Å²) in [5, 5.41) is 3.15. The van der Waals surface area contributed by atoms with Gasteiger partial charge in [0.2, 0.25) is 0 Å². The van der Waals surface area contributed by atoms with Gasteiger partial charge in [-0.3, -0.25) is 15.6 Å². The fraction of sp³-hybridized carbons (Fsp3) is 0.176. The third kappa shape index (κ3) is 5.20. The van der Waals surface area contributed by atoms with Crippen molar-refractivity contribution >= 4 is 28.9 Å². The first-order chi connectivity index (χ1) is 11.5. The lowest BCUT2D eigenvalue weighted by atomic mass is 10.2. The second kappa shape index (κ2) is 8.26. The van der Waals surface area contributed by atoms with E-state index >= 15 is 0 Å². The quantitative estimate of drug-likeness (QED) is 0.586. The van der Waals surface area contributed by atoms with Crippen LogP contribution in [0.5, 0.6) is 5.75 Å². The summed E-state index contributed by atoms with van der Waals surface area (Å²) in [4.78, 5) is 12.0. The zero-order valence-corrected chi connectivity index (χ0v) is 14.1. The molecule has 2 aromatic carbocycles. The van der Waals surface area contributed by atoms with Gasteiger partial charge in [-0.1, -0.05) is 29.8 Å². The van der Waals surface area contributed by atoms with E-state index in [0.717, 1.165) is 11.3 Å². The minimum Gasteiger partial charge on any atom is -0.478 e. The standard InChI is InChI=1S/C17H18FN3O2S/c1-11-7-9-13(10-8-11)19-17(24)21-20-16(22)12(2)23-15-6-4-3-5-14(15)18/h3-10,12H,1-2H3,(H,20,22)(H2,19,21,24)/t12-/m0/s1. The van der Waals surface area contributed by atoms with E-state index in [1.54, 1.807) is 12.1 Å². The Morgan fingerprint density at radius 1 is 1.12 bits per heavy atom. The van der Waals surface area contributed by atoms with Crippen LogP contribution < -0.4 is 20.9 Å². The summed E-state index contributed by atoms with van der Waals surface area (Å²) in [7, 11) is 0. The predicted molar refractivity (Wildman–Crippen MR) is 95.2 cm³/mol. The van der Waals surface area contributed by atoms with Crippen LogP contribution in [0.25, 0.3) is 0 Å². The number of hydrazine groups is 1. The van der Waals surface area contributed by atoms with Crippen LogP contribution in [0.2, 0.25) is 0 Å². The summed E-state index contributed by atoms with van der Waals surface area (Å²) >= 11 is 5.09. The molecule has 3 N–H and O–H groups in total. The summed E-state index contributed by atoms with van der Waals surface area (Å²) in [6.07, 6.45) is -0.892. The van der Waals surface area contributed by atoms with Gasteiger partial charge in [-0.25, -0.2) is 4.39 Å². The van der Waals surface area contributed by atoms with E-state index < -0.39 is 17.8 Å². The third-order valence-electron chi connectivity index (χ3n) is 3.12. The van der Waals surface area contributed by atoms with E-state index in [2.05, 4.69) is 16.2 Å². The van der Waals surface area contributed by atoms with Gasteiger partial charge in [-0.15, -0.1) is 0 Å². The first kappa shape index (κ1) is 17.7. The number of para-hydroxylation sites is 1. The smallest absolute Gasteiger partial charge is 0.279 e. The average Bonchev–Trinajstić information content (AvgIpc) is 2.56. The van der Waals surface area contributed by atoms with Crippen LogP contribution in [-0.4, -0.2) is 17.1 Å². The minimum absolute atomic E-state index is 0.0144. The van der Waals surface area contributed by atoms with Crippen LogP contribution in [0.15, 0.2) is 48.5 Å². The van der Waals surface area contributed by atoms with Crippen molar-refractivity contribution in [3.63, 3.8) is 0 Å².